The lowest BCUT2D eigenvalue weighted by atomic mass is 10.1. The molecule has 0 aromatic heterocycles. The van der Waals surface area contributed by atoms with Gasteiger partial charge < -0.3 is 25.4 Å². The van der Waals surface area contributed by atoms with Crippen LogP contribution in [0.1, 0.15) is 34.5 Å². The molecule has 0 heterocycles. The van der Waals surface area contributed by atoms with E-state index in [1.165, 1.54) is 0 Å². The van der Waals surface area contributed by atoms with Crippen molar-refractivity contribution < 1.29 is 14.6 Å². The fraction of sp³-hybridized carbons (Fsp3) is 0.391. The van der Waals surface area contributed by atoms with E-state index in [4.69, 9.17) is 4.74 Å². The van der Waals surface area contributed by atoms with Crippen LogP contribution < -0.4 is 15.4 Å². The van der Waals surface area contributed by atoms with Crippen molar-refractivity contribution in [2.24, 2.45) is 4.99 Å². The van der Waals surface area contributed by atoms with E-state index in [2.05, 4.69) is 15.6 Å². The zero-order chi connectivity index (χ0) is 21.9. The van der Waals surface area contributed by atoms with E-state index in [0.717, 1.165) is 29.8 Å². The molecule has 0 spiro atoms. The summed E-state index contributed by atoms with van der Waals surface area (Å²) in [5.41, 5.74) is 2.54. The van der Waals surface area contributed by atoms with Gasteiger partial charge in [0.2, 0.25) is 0 Å². The second-order valence-electron chi connectivity index (χ2n) is 7.09. The van der Waals surface area contributed by atoms with Crippen molar-refractivity contribution >= 4 is 11.9 Å². The van der Waals surface area contributed by atoms with Crippen molar-refractivity contribution in [3.63, 3.8) is 0 Å². The average Bonchev–Trinajstić information content (AvgIpc) is 2.76. The summed E-state index contributed by atoms with van der Waals surface area (Å²) in [6, 6.07) is 15.0. The Morgan fingerprint density at radius 3 is 2.53 bits per heavy atom. The van der Waals surface area contributed by atoms with Crippen molar-refractivity contribution in [2.45, 2.75) is 19.4 Å². The first-order valence-corrected chi connectivity index (χ1v) is 10.1. The topological polar surface area (TPSA) is 86.2 Å². The Kier molecular flexibility index (Phi) is 9.15. The summed E-state index contributed by atoms with van der Waals surface area (Å²) in [5, 5.41) is 16.9. The van der Waals surface area contributed by atoms with E-state index in [1.54, 1.807) is 26.1 Å². The summed E-state index contributed by atoms with van der Waals surface area (Å²) in [6.45, 7) is 3.61. The highest BCUT2D eigenvalue weighted by molar-refractivity contribution is 5.94. The second-order valence-corrected chi connectivity index (χ2v) is 7.09. The lowest BCUT2D eigenvalue weighted by Gasteiger charge is -2.14. The SMILES string of the molecule is CCNC(=NCC(O)c1ccc(OC)cc1)NCCc1cccc(C(=O)N(C)C)c1. The molecule has 2 aromatic carbocycles. The van der Waals surface area contributed by atoms with Crippen molar-refractivity contribution in [2.75, 3.05) is 40.8 Å². The monoisotopic (exact) mass is 412 g/mol. The number of guanidine groups is 1. The molecular formula is C23H32N4O3. The van der Waals surface area contributed by atoms with Crippen molar-refractivity contribution in [3.05, 3.63) is 65.2 Å². The van der Waals surface area contributed by atoms with Gasteiger partial charge in [-0.3, -0.25) is 9.79 Å². The normalized spacial score (nSPS) is 12.2. The van der Waals surface area contributed by atoms with Crippen LogP contribution in [0, 0.1) is 0 Å². The molecule has 0 aliphatic heterocycles. The first kappa shape index (κ1) is 23.2. The molecule has 3 N–H and O–H groups in total. The Labute approximate surface area is 178 Å². The Morgan fingerprint density at radius 2 is 1.90 bits per heavy atom. The molecule has 0 saturated heterocycles. The van der Waals surface area contributed by atoms with Gasteiger partial charge in [-0.15, -0.1) is 0 Å². The number of amides is 1. The Balaban J connectivity index is 1.92. The first-order chi connectivity index (χ1) is 14.4. The molecule has 0 saturated carbocycles. The Morgan fingerprint density at radius 1 is 1.17 bits per heavy atom. The maximum atomic E-state index is 12.1. The van der Waals surface area contributed by atoms with E-state index in [1.807, 2.05) is 55.5 Å². The van der Waals surface area contributed by atoms with Crippen molar-refractivity contribution in [1.82, 2.24) is 15.5 Å². The van der Waals surface area contributed by atoms with E-state index in [9.17, 15) is 9.90 Å². The largest absolute Gasteiger partial charge is 0.497 e. The highest BCUT2D eigenvalue weighted by atomic mass is 16.5. The minimum absolute atomic E-state index is 0.00719. The summed E-state index contributed by atoms with van der Waals surface area (Å²) in [4.78, 5) is 18.2. The first-order valence-electron chi connectivity index (χ1n) is 10.1. The number of nitrogens with zero attached hydrogens (tertiary/aromatic N) is 2. The molecule has 0 radical (unpaired) electrons. The Bertz CT molecular complexity index is 835. The minimum atomic E-state index is -0.694. The lowest BCUT2D eigenvalue weighted by Crippen LogP contribution is -2.38. The predicted octanol–water partition coefficient (Wildman–Crippen LogP) is 2.23. The zero-order valence-corrected chi connectivity index (χ0v) is 18.2. The number of methoxy groups -OCH3 is 1. The van der Waals surface area contributed by atoms with Crippen molar-refractivity contribution in [3.8, 4) is 5.75 Å². The van der Waals surface area contributed by atoms with Gasteiger partial charge in [0.1, 0.15) is 5.75 Å². The third-order valence-corrected chi connectivity index (χ3v) is 4.55. The van der Waals surface area contributed by atoms with Crippen LogP contribution in [0.5, 0.6) is 5.75 Å². The summed E-state index contributed by atoms with van der Waals surface area (Å²) in [6.07, 6.45) is 0.0556. The number of ether oxygens (including phenoxy) is 1. The quantitative estimate of drug-likeness (QED) is 0.434. The van der Waals surface area contributed by atoms with Gasteiger partial charge in [0.25, 0.3) is 5.91 Å². The molecular weight excluding hydrogens is 380 g/mol. The number of rotatable bonds is 9. The molecule has 7 nitrogen and oxygen atoms in total. The number of aliphatic imine (C=N–C) groups is 1. The third kappa shape index (κ3) is 7.08. The second kappa shape index (κ2) is 11.8. The molecule has 2 aromatic rings. The van der Waals surface area contributed by atoms with Gasteiger partial charge in [0.15, 0.2) is 5.96 Å². The van der Waals surface area contributed by atoms with Crippen LogP contribution in [0.2, 0.25) is 0 Å². The van der Waals surface area contributed by atoms with Gasteiger partial charge in [-0.25, -0.2) is 0 Å². The number of carbonyl (C=O) groups excluding carboxylic acids is 1. The maximum absolute atomic E-state index is 12.1. The number of hydrogen-bond donors (Lipinski definition) is 3. The van der Waals surface area contributed by atoms with Gasteiger partial charge in [0, 0.05) is 32.7 Å². The lowest BCUT2D eigenvalue weighted by molar-refractivity contribution is 0.0827. The van der Waals surface area contributed by atoms with Crippen LogP contribution in [0.3, 0.4) is 0 Å². The molecule has 1 amide bonds. The number of nitrogens with one attached hydrogen (secondary N) is 2. The smallest absolute Gasteiger partial charge is 0.253 e. The van der Waals surface area contributed by atoms with Gasteiger partial charge in [-0.2, -0.15) is 0 Å². The van der Waals surface area contributed by atoms with Gasteiger partial charge in [-0.1, -0.05) is 24.3 Å². The molecule has 162 valence electrons. The average molecular weight is 413 g/mol. The molecule has 7 heteroatoms. The van der Waals surface area contributed by atoms with Crippen LogP contribution in [-0.4, -0.2) is 62.7 Å². The predicted molar refractivity (Wildman–Crippen MR) is 120 cm³/mol. The van der Waals surface area contributed by atoms with Crippen LogP contribution in [-0.2, 0) is 6.42 Å². The molecule has 2 rings (SSSR count). The summed E-state index contributed by atoms with van der Waals surface area (Å²) >= 11 is 0. The molecule has 0 aliphatic carbocycles. The fourth-order valence-electron chi connectivity index (χ4n) is 2.89. The fourth-order valence-corrected chi connectivity index (χ4v) is 2.89. The Hall–Kier alpha value is -3.06. The van der Waals surface area contributed by atoms with Gasteiger partial charge >= 0.3 is 0 Å². The van der Waals surface area contributed by atoms with Gasteiger partial charge in [0.05, 0.1) is 19.8 Å². The summed E-state index contributed by atoms with van der Waals surface area (Å²) in [7, 11) is 5.10. The highest BCUT2D eigenvalue weighted by Gasteiger charge is 2.09. The highest BCUT2D eigenvalue weighted by Crippen LogP contribution is 2.17. The number of carbonyl (C=O) groups is 1. The zero-order valence-electron chi connectivity index (χ0n) is 18.2. The number of aliphatic hydroxyl groups excluding tert-OH is 1. The van der Waals surface area contributed by atoms with Gasteiger partial charge in [-0.05, 0) is 48.7 Å². The van der Waals surface area contributed by atoms with Crippen LogP contribution >= 0.6 is 0 Å². The molecule has 1 unspecified atom stereocenters. The third-order valence-electron chi connectivity index (χ3n) is 4.55. The minimum Gasteiger partial charge on any atom is -0.497 e. The molecule has 0 fully saturated rings. The van der Waals surface area contributed by atoms with E-state index in [0.29, 0.717) is 18.1 Å². The summed E-state index contributed by atoms with van der Waals surface area (Å²) in [5.74, 6) is 1.39. The summed E-state index contributed by atoms with van der Waals surface area (Å²) < 4.78 is 5.14. The van der Waals surface area contributed by atoms with E-state index in [-0.39, 0.29) is 12.5 Å². The van der Waals surface area contributed by atoms with Crippen LogP contribution in [0.25, 0.3) is 0 Å². The van der Waals surface area contributed by atoms with Crippen molar-refractivity contribution in [1.29, 1.82) is 0 Å². The number of aliphatic hydroxyl groups is 1. The number of benzene rings is 2. The molecule has 30 heavy (non-hydrogen) atoms. The standard InChI is InChI=1S/C23H32N4O3/c1-5-24-23(26-16-21(28)18-9-11-20(30-4)12-10-18)25-14-13-17-7-6-8-19(15-17)22(29)27(2)3/h6-12,15,21,28H,5,13-14,16H2,1-4H3,(H2,24,25,26). The van der Waals surface area contributed by atoms with Crippen LogP contribution in [0.15, 0.2) is 53.5 Å². The molecule has 1 atom stereocenters. The van der Waals surface area contributed by atoms with E-state index >= 15 is 0 Å². The molecule has 0 aliphatic rings. The molecule has 0 bridgehead atoms. The van der Waals surface area contributed by atoms with Crippen LogP contribution in [0.4, 0.5) is 0 Å². The number of hydrogen-bond acceptors (Lipinski definition) is 4. The van der Waals surface area contributed by atoms with E-state index < -0.39 is 6.10 Å². The maximum Gasteiger partial charge on any atom is 0.253 e.